The molecule has 0 aliphatic rings. The summed E-state index contributed by atoms with van der Waals surface area (Å²) < 4.78 is 4.17. The summed E-state index contributed by atoms with van der Waals surface area (Å²) in [5.41, 5.74) is 7.48. The van der Waals surface area contributed by atoms with Gasteiger partial charge in [0.1, 0.15) is 0 Å². The van der Waals surface area contributed by atoms with Crippen molar-refractivity contribution in [2.75, 3.05) is 0 Å². The van der Waals surface area contributed by atoms with E-state index in [9.17, 15) is 4.79 Å². The maximum absolute atomic E-state index is 12.6. The van der Waals surface area contributed by atoms with Crippen LogP contribution in [0.2, 0.25) is 0 Å². The molecule has 0 spiro atoms. The topological polar surface area (TPSA) is 64.7 Å². The number of rotatable bonds is 8. The number of aromatic nitrogens is 4. The average Bonchev–Trinajstić information content (AvgIpc) is 3.29. The number of hydrogen-bond donors (Lipinski definition) is 1. The fourth-order valence-electron chi connectivity index (χ4n) is 4.03. The van der Waals surface area contributed by atoms with Gasteiger partial charge in [0.25, 0.3) is 0 Å². The van der Waals surface area contributed by atoms with E-state index in [1.54, 1.807) is 0 Å². The van der Waals surface area contributed by atoms with Gasteiger partial charge in [-0.05, 0) is 43.0 Å². The van der Waals surface area contributed by atoms with Crippen molar-refractivity contribution in [2.24, 2.45) is 5.92 Å². The smallest absolute Gasteiger partial charge is 0.224 e. The van der Waals surface area contributed by atoms with Crippen LogP contribution in [0.1, 0.15) is 41.9 Å². The molecule has 1 amide bonds. The van der Waals surface area contributed by atoms with Crippen LogP contribution in [0.15, 0.2) is 54.9 Å². The molecule has 2 heterocycles. The Labute approximate surface area is 189 Å². The fraction of sp³-hybridized carbons (Fsp3) is 0.346. The van der Waals surface area contributed by atoms with Gasteiger partial charge in [-0.3, -0.25) is 9.48 Å². The van der Waals surface area contributed by atoms with Gasteiger partial charge in [-0.2, -0.15) is 5.10 Å². The maximum Gasteiger partial charge on any atom is 0.224 e. The van der Waals surface area contributed by atoms with Gasteiger partial charge in [-0.25, -0.2) is 4.98 Å². The average molecular weight is 430 g/mol. The van der Waals surface area contributed by atoms with Crippen molar-refractivity contribution in [1.82, 2.24) is 24.6 Å². The molecule has 2 aromatic heterocycles. The first-order chi connectivity index (χ1) is 15.4. The number of carbonyl (C=O) groups excluding carboxylic acids is 1. The number of benzene rings is 2. The normalized spacial score (nSPS) is 11.4. The lowest BCUT2D eigenvalue weighted by atomic mass is 10.1. The van der Waals surface area contributed by atoms with Crippen LogP contribution in [-0.2, 0) is 30.8 Å². The van der Waals surface area contributed by atoms with Gasteiger partial charge in [-0.1, -0.05) is 50.2 Å². The number of nitrogens with zero attached hydrogens (tertiary/aromatic N) is 4. The summed E-state index contributed by atoms with van der Waals surface area (Å²) in [6.07, 6.45) is 2.24. The fourth-order valence-corrected chi connectivity index (χ4v) is 4.03. The molecule has 6 heteroatoms. The van der Waals surface area contributed by atoms with Gasteiger partial charge in [0, 0.05) is 30.9 Å². The van der Waals surface area contributed by atoms with E-state index >= 15 is 0 Å². The van der Waals surface area contributed by atoms with Gasteiger partial charge < -0.3 is 9.88 Å². The highest BCUT2D eigenvalue weighted by Gasteiger charge is 2.15. The molecule has 0 saturated heterocycles. The van der Waals surface area contributed by atoms with Crippen LogP contribution < -0.4 is 5.32 Å². The monoisotopic (exact) mass is 429 g/mol. The molecule has 0 bridgehead atoms. The van der Waals surface area contributed by atoms with Crippen molar-refractivity contribution in [3.8, 4) is 0 Å². The van der Waals surface area contributed by atoms with E-state index in [2.05, 4.69) is 64.1 Å². The summed E-state index contributed by atoms with van der Waals surface area (Å²) in [6.45, 7) is 10.5. The summed E-state index contributed by atoms with van der Waals surface area (Å²) in [6, 6.07) is 16.5. The first kappa shape index (κ1) is 21.8. The molecule has 0 aliphatic carbocycles. The Hall–Kier alpha value is -3.41. The van der Waals surface area contributed by atoms with Crippen LogP contribution >= 0.6 is 0 Å². The minimum Gasteiger partial charge on any atom is -0.352 e. The van der Waals surface area contributed by atoms with Crippen molar-refractivity contribution >= 4 is 16.9 Å². The predicted molar refractivity (Wildman–Crippen MR) is 127 cm³/mol. The Morgan fingerprint density at radius 3 is 2.50 bits per heavy atom. The second-order valence-electron chi connectivity index (χ2n) is 8.86. The molecular weight excluding hydrogens is 398 g/mol. The lowest BCUT2D eigenvalue weighted by Gasteiger charge is -2.09. The molecule has 0 saturated carbocycles. The Bertz CT molecular complexity index is 1220. The van der Waals surface area contributed by atoms with E-state index < -0.39 is 0 Å². The van der Waals surface area contributed by atoms with E-state index in [1.165, 1.54) is 5.56 Å². The van der Waals surface area contributed by atoms with Crippen molar-refractivity contribution < 1.29 is 4.79 Å². The van der Waals surface area contributed by atoms with Gasteiger partial charge in [-0.15, -0.1) is 0 Å². The summed E-state index contributed by atoms with van der Waals surface area (Å²) >= 11 is 0. The summed E-state index contributed by atoms with van der Waals surface area (Å²) in [5, 5.41) is 7.66. The van der Waals surface area contributed by atoms with Crippen LogP contribution in [0.3, 0.4) is 0 Å². The zero-order valence-electron chi connectivity index (χ0n) is 19.3. The van der Waals surface area contributed by atoms with Gasteiger partial charge in [0.15, 0.2) is 0 Å². The molecule has 1 N–H and O–H groups in total. The molecular formula is C26H31N5O. The van der Waals surface area contributed by atoms with Crippen molar-refractivity contribution in [3.05, 3.63) is 82.9 Å². The lowest BCUT2D eigenvalue weighted by molar-refractivity contribution is -0.120. The second kappa shape index (κ2) is 9.39. The third kappa shape index (κ3) is 4.90. The third-order valence-electron chi connectivity index (χ3n) is 5.80. The molecule has 166 valence electrons. The van der Waals surface area contributed by atoms with Crippen molar-refractivity contribution in [3.63, 3.8) is 0 Å². The minimum atomic E-state index is 0.0225. The predicted octanol–water partition coefficient (Wildman–Crippen LogP) is 4.41. The summed E-state index contributed by atoms with van der Waals surface area (Å²) in [4.78, 5) is 17.0. The van der Waals surface area contributed by atoms with E-state index in [1.807, 2.05) is 43.1 Å². The zero-order valence-corrected chi connectivity index (χ0v) is 19.3. The quantitative estimate of drug-likeness (QED) is 0.451. The number of aryl methyl sites for hydroxylation is 1. The molecule has 0 radical (unpaired) electrons. The Morgan fingerprint density at radius 1 is 1.03 bits per heavy atom. The van der Waals surface area contributed by atoms with E-state index in [0.29, 0.717) is 18.9 Å². The molecule has 0 atom stereocenters. The van der Waals surface area contributed by atoms with Crippen molar-refractivity contribution in [2.45, 2.75) is 53.8 Å². The number of hydrogen-bond acceptors (Lipinski definition) is 3. The highest BCUT2D eigenvalue weighted by Crippen LogP contribution is 2.16. The zero-order chi connectivity index (χ0) is 22.7. The molecule has 2 aromatic carbocycles. The third-order valence-corrected chi connectivity index (χ3v) is 5.80. The standard InChI is InChI=1S/C26H31N5O/c1-18(2)15-31-20(4)23(19(3)29-31)13-26(32)27-14-21-9-11-22(12-10-21)16-30-17-28-24-7-5-6-8-25(24)30/h5-12,17-18H,13-16H2,1-4H3,(H,27,32). The van der Waals surface area contributed by atoms with Crippen LogP contribution in [0.25, 0.3) is 11.0 Å². The molecule has 4 rings (SSSR count). The Balaban J connectivity index is 1.33. The number of imidazole rings is 1. The van der Waals surface area contributed by atoms with Crippen LogP contribution in [0.4, 0.5) is 0 Å². The number of para-hydroxylation sites is 2. The highest BCUT2D eigenvalue weighted by molar-refractivity contribution is 5.79. The molecule has 32 heavy (non-hydrogen) atoms. The highest BCUT2D eigenvalue weighted by atomic mass is 16.1. The largest absolute Gasteiger partial charge is 0.352 e. The van der Waals surface area contributed by atoms with Crippen molar-refractivity contribution in [1.29, 1.82) is 0 Å². The van der Waals surface area contributed by atoms with E-state index in [0.717, 1.165) is 46.6 Å². The number of nitrogens with one attached hydrogen (secondary N) is 1. The molecule has 4 aromatic rings. The number of amides is 1. The first-order valence-electron chi connectivity index (χ1n) is 11.2. The van der Waals surface area contributed by atoms with E-state index in [-0.39, 0.29) is 5.91 Å². The van der Waals surface area contributed by atoms with E-state index in [4.69, 9.17) is 0 Å². The maximum atomic E-state index is 12.6. The summed E-state index contributed by atoms with van der Waals surface area (Å²) in [5.74, 6) is 0.541. The molecule has 0 unspecified atom stereocenters. The number of carbonyl (C=O) groups is 1. The van der Waals surface area contributed by atoms with Gasteiger partial charge in [0.2, 0.25) is 5.91 Å². The van der Waals surface area contributed by atoms with Gasteiger partial charge in [0.05, 0.1) is 29.5 Å². The Kier molecular flexibility index (Phi) is 6.40. The lowest BCUT2D eigenvalue weighted by Crippen LogP contribution is -2.25. The minimum absolute atomic E-state index is 0.0225. The van der Waals surface area contributed by atoms with Crippen LogP contribution in [-0.4, -0.2) is 25.2 Å². The van der Waals surface area contributed by atoms with Gasteiger partial charge >= 0.3 is 0 Å². The van der Waals surface area contributed by atoms with Crippen LogP contribution in [0, 0.1) is 19.8 Å². The molecule has 6 nitrogen and oxygen atoms in total. The SMILES string of the molecule is Cc1nn(CC(C)C)c(C)c1CC(=O)NCc1ccc(Cn2cnc3ccccc32)cc1. The molecule has 0 fully saturated rings. The summed E-state index contributed by atoms with van der Waals surface area (Å²) in [7, 11) is 0. The van der Waals surface area contributed by atoms with Crippen LogP contribution in [0.5, 0.6) is 0 Å². The second-order valence-corrected chi connectivity index (χ2v) is 8.86. The number of fused-ring (bicyclic) bond motifs is 1. The Morgan fingerprint density at radius 2 is 1.75 bits per heavy atom. The molecule has 0 aliphatic heterocycles. The first-order valence-corrected chi connectivity index (χ1v) is 11.2.